The van der Waals surface area contributed by atoms with Crippen molar-refractivity contribution >= 4 is 17.5 Å². The Morgan fingerprint density at radius 2 is 1.39 bits per heavy atom. The van der Waals surface area contributed by atoms with Gasteiger partial charge in [0.15, 0.2) is 6.29 Å². The maximum Gasteiger partial charge on any atom is 0.341 e. The highest BCUT2D eigenvalue weighted by molar-refractivity contribution is 6.17. The van der Waals surface area contributed by atoms with E-state index in [1.807, 2.05) is 0 Å². The molecule has 0 N–H and O–H groups in total. The molecule has 0 saturated heterocycles. The summed E-state index contributed by atoms with van der Waals surface area (Å²) in [6.45, 7) is 0. The van der Waals surface area contributed by atoms with Gasteiger partial charge in [-0.05, 0) is 12.1 Å². The number of rotatable bonds is 12. The fourth-order valence-electron chi connectivity index (χ4n) is 3.60. The van der Waals surface area contributed by atoms with E-state index in [0.717, 1.165) is 0 Å². The average molecular weight is 525 g/mol. The number of hydrogen-bond donors (Lipinski definition) is 0. The zero-order chi connectivity index (χ0) is 27.5. The van der Waals surface area contributed by atoms with Crippen LogP contribution in [0.2, 0.25) is 0 Å². The molecule has 1 unspecified atom stereocenters. The van der Waals surface area contributed by atoms with Crippen molar-refractivity contribution in [2.75, 3.05) is 35.5 Å². The van der Waals surface area contributed by atoms with Crippen molar-refractivity contribution in [1.29, 1.82) is 0 Å². The van der Waals surface area contributed by atoms with E-state index in [1.54, 1.807) is 48.5 Å². The molecule has 0 bridgehead atoms. The molecule has 1 aromatic heterocycles. The standard InChI is InChI=1S/C27H28N2O9/c1-32-15-19(25(30)33-2)17-10-6-8-12-20(17)37-22-14-23(29-16-28-22)38-21-13-9-7-11-18(21)24(26(31)34-3)27(35-4)36-5/h6-16,24,27H,1-5H3/b19-15+. The number of carbonyl (C=O) groups is 2. The Hall–Kier alpha value is -4.48. The van der Waals surface area contributed by atoms with Crippen molar-refractivity contribution in [2.45, 2.75) is 12.2 Å². The third kappa shape index (κ3) is 6.64. The first-order valence-electron chi connectivity index (χ1n) is 11.3. The van der Waals surface area contributed by atoms with Crippen molar-refractivity contribution in [2.24, 2.45) is 0 Å². The van der Waals surface area contributed by atoms with Crippen LogP contribution in [0.5, 0.6) is 23.3 Å². The molecule has 11 nitrogen and oxygen atoms in total. The molecular weight excluding hydrogens is 496 g/mol. The van der Waals surface area contributed by atoms with Crippen LogP contribution in [0.15, 0.2) is 67.2 Å². The molecule has 200 valence electrons. The average Bonchev–Trinajstić information content (AvgIpc) is 2.95. The highest BCUT2D eigenvalue weighted by Gasteiger charge is 2.34. The van der Waals surface area contributed by atoms with Crippen molar-refractivity contribution in [3.63, 3.8) is 0 Å². The molecule has 0 amide bonds. The van der Waals surface area contributed by atoms with Gasteiger partial charge in [-0.1, -0.05) is 36.4 Å². The van der Waals surface area contributed by atoms with E-state index in [0.29, 0.717) is 22.6 Å². The topological polar surface area (TPSA) is 125 Å². The molecule has 0 aliphatic rings. The number of ether oxygens (including phenoxy) is 7. The van der Waals surface area contributed by atoms with Gasteiger partial charge in [-0.3, -0.25) is 4.79 Å². The van der Waals surface area contributed by atoms with Gasteiger partial charge >= 0.3 is 11.9 Å². The Balaban J connectivity index is 1.94. The maximum absolute atomic E-state index is 12.6. The summed E-state index contributed by atoms with van der Waals surface area (Å²) >= 11 is 0. The zero-order valence-corrected chi connectivity index (χ0v) is 21.6. The first-order chi connectivity index (χ1) is 18.5. The van der Waals surface area contributed by atoms with E-state index in [2.05, 4.69) is 9.97 Å². The number of nitrogens with zero attached hydrogens (tertiary/aromatic N) is 2. The van der Waals surface area contributed by atoms with Crippen molar-refractivity contribution in [3.8, 4) is 23.3 Å². The normalized spacial score (nSPS) is 12.0. The Labute approximate surface area is 219 Å². The van der Waals surface area contributed by atoms with Crippen LogP contribution in [0.3, 0.4) is 0 Å². The largest absolute Gasteiger partial charge is 0.503 e. The molecule has 1 heterocycles. The SMILES string of the molecule is CO/C=C(/C(=O)OC)c1ccccc1Oc1cc(Oc2ccccc2C(C(=O)OC)C(OC)OC)ncn1. The van der Waals surface area contributed by atoms with Gasteiger partial charge in [0.05, 0.1) is 33.7 Å². The minimum atomic E-state index is -0.931. The molecule has 0 saturated carbocycles. The summed E-state index contributed by atoms with van der Waals surface area (Å²) in [5, 5.41) is 0. The minimum absolute atomic E-state index is 0.135. The predicted octanol–water partition coefficient (Wildman–Crippen LogP) is 4.10. The number of benzene rings is 2. The number of esters is 2. The fourth-order valence-corrected chi connectivity index (χ4v) is 3.60. The molecule has 38 heavy (non-hydrogen) atoms. The third-order valence-corrected chi connectivity index (χ3v) is 5.31. The molecule has 0 spiro atoms. The molecular formula is C27H28N2O9. The van der Waals surface area contributed by atoms with E-state index in [1.165, 1.54) is 54.2 Å². The van der Waals surface area contributed by atoms with Crippen LogP contribution in [-0.4, -0.2) is 63.7 Å². The Bertz CT molecular complexity index is 1270. The van der Waals surface area contributed by atoms with E-state index in [9.17, 15) is 9.59 Å². The first kappa shape index (κ1) is 28.1. The van der Waals surface area contributed by atoms with E-state index < -0.39 is 24.1 Å². The van der Waals surface area contributed by atoms with E-state index in [4.69, 9.17) is 33.2 Å². The van der Waals surface area contributed by atoms with Gasteiger partial charge in [0.1, 0.15) is 29.3 Å². The number of carbonyl (C=O) groups excluding carboxylic acids is 2. The highest BCUT2D eigenvalue weighted by atomic mass is 16.7. The molecule has 0 aliphatic heterocycles. The van der Waals surface area contributed by atoms with Crippen LogP contribution in [0, 0.1) is 0 Å². The van der Waals surface area contributed by atoms with Gasteiger partial charge in [0.25, 0.3) is 0 Å². The van der Waals surface area contributed by atoms with E-state index in [-0.39, 0.29) is 17.3 Å². The molecule has 0 aliphatic carbocycles. The number of hydrogen-bond acceptors (Lipinski definition) is 11. The van der Waals surface area contributed by atoms with Crippen molar-refractivity contribution in [1.82, 2.24) is 9.97 Å². The lowest BCUT2D eigenvalue weighted by Gasteiger charge is -2.24. The van der Waals surface area contributed by atoms with E-state index >= 15 is 0 Å². The Morgan fingerprint density at radius 1 is 0.789 bits per heavy atom. The molecule has 3 aromatic rings. The summed E-state index contributed by atoms with van der Waals surface area (Å²) in [5.74, 6) is -1.18. The molecule has 1 atom stereocenters. The van der Waals surface area contributed by atoms with Gasteiger partial charge in [0, 0.05) is 25.3 Å². The Kier molecular flexibility index (Phi) is 10.1. The van der Waals surface area contributed by atoms with Crippen LogP contribution in [0.25, 0.3) is 5.57 Å². The molecule has 3 rings (SSSR count). The van der Waals surface area contributed by atoms with Crippen LogP contribution >= 0.6 is 0 Å². The van der Waals surface area contributed by atoms with Gasteiger partial charge in [-0.15, -0.1) is 0 Å². The van der Waals surface area contributed by atoms with Gasteiger partial charge < -0.3 is 33.2 Å². The van der Waals surface area contributed by atoms with Crippen molar-refractivity contribution in [3.05, 3.63) is 78.3 Å². The molecule has 0 fully saturated rings. The summed E-state index contributed by atoms with van der Waals surface area (Å²) in [4.78, 5) is 33.2. The lowest BCUT2D eigenvalue weighted by molar-refractivity contribution is -0.163. The van der Waals surface area contributed by atoms with Crippen LogP contribution in [0.1, 0.15) is 17.0 Å². The predicted molar refractivity (Wildman–Crippen MR) is 135 cm³/mol. The second kappa shape index (κ2) is 13.7. The summed E-state index contributed by atoms with van der Waals surface area (Å²) in [7, 11) is 6.82. The summed E-state index contributed by atoms with van der Waals surface area (Å²) in [6, 6.07) is 15.2. The van der Waals surface area contributed by atoms with Crippen LogP contribution in [-0.2, 0) is 33.3 Å². The second-order valence-electron chi connectivity index (χ2n) is 7.53. The van der Waals surface area contributed by atoms with Crippen LogP contribution < -0.4 is 9.47 Å². The molecule has 11 heteroatoms. The third-order valence-electron chi connectivity index (χ3n) is 5.31. The summed E-state index contributed by atoms with van der Waals surface area (Å²) in [5.41, 5.74) is 1.05. The lowest BCUT2D eigenvalue weighted by atomic mass is 9.97. The van der Waals surface area contributed by atoms with Gasteiger partial charge in [0.2, 0.25) is 11.8 Å². The molecule has 0 radical (unpaired) electrons. The van der Waals surface area contributed by atoms with Crippen molar-refractivity contribution < 1.29 is 42.7 Å². The monoisotopic (exact) mass is 524 g/mol. The number of para-hydroxylation sites is 2. The Morgan fingerprint density at radius 3 is 2.00 bits per heavy atom. The smallest absolute Gasteiger partial charge is 0.341 e. The first-order valence-corrected chi connectivity index (χ1v) is 11.3. The number of methoxy groups -OCH3 is 5. The van der Waals surface area contributed by atoms with Crippen LogP contribution in [0.4, 0.5) is 0 Å². The lowest BCUT2D eigenvalue weighted by Crippen LogP contribution is -2.30. The quantitative estimate of drug-likeness (QED) is 0.147. The minimum Gasteiger partial charge on any atom is -0.503 e. The maximum atomic E-state index is 12.6. The fraction of sp³-hybridized carbons (Fsp3) is 0.259. The zero-order valence-electron chi connectivity index (χ0n) is 21.6. The van der Waals surface area contributed by atoms with Gasteiger partial charge in [-0.25, -0.2) is 14.8 Å². The summed E-state index contributed by atoms with van der Waals surface area (Å²) < 4.78 is 37.5. The second-order valence-corrected chi connectivity index (χ2v) is 7.53. The summed E-state index contributed by atoms with van der Waals surface area (Å²) in [6.07, 6.45) is 1.61. The highest BCUT2D eigenvalue weighted by Crippen LogP contribution is 2.35. The molecule has 2 aromatic carbocycles. The van der Waals surface area contributed by atoms with Gasteiger partial charge in [-0.2, -0.15) is 0 Å². The number of aromatic nitrogens is 2.